The minimum absolute atomic E-state index is 0.0293. The van der Waals surface area contributed by atoms with E-state index in [0.717, 1.165) is 0 Å². The molecule has 0 spiro atoms. The van der Waals surface area contributed by atoms with Crippen molar-refractivity contribution in [1.29, 1.82) is 0 Å². The van der Waals surface area contributed by atoms with E-state index >= 15 is 0 Å². The third kappa shape index (κ3) is 3.03. The van der Waals surface area contributed by atoms with Crippen molar-refractivity contribution in [2.75, 3.05) is 10.5 Å². The lowest BCUT2D eigenvalue weighted by Crippen LogP contribution is -2.14. The van der Waals surface area contributed by atoms with Crippen LogP contribution in [0.1, 0.15) is 5.56 Å². The van der Waals surface area contributed by atoms with Gasteiger partial charge in [0.25, 0.3) is 10.0 Å². The lowest BCUT2D eigenvalue weighted by Gasteiger charge is -2.09. The largest absolute Gasteiger partial charge is 0.399 e. The van der Waals surface area contributed by atoms with E-state index in [1.54, 1.807) is 13.0 Å². The molecule has 6 heteroatoms. The molecule has 4 nitrogen and oxygen atoms in total. The molecule has 3 N–H and O–H groups in total. The molecule has 0 aliphatic rings. The van der Waals surface area contributed by atoms with Crippen molar-refractivity contribution in [2.24, 2.45) is 0 Å². The van der Waals surface area contributed by atoms with Crippen LogP contribution in [0.2, 0.25) is 0 Å². The molecule has 19 heavy (non-hydrogen) atoms. The van der Waals surface area contributed by atoms with E-state index in [-0.39, 0.29) is 10.6 Å². The van der Waals surface area contributed by atoms with Crippen LogP contribution in [0.15, 0.2) is 47.4 Å². The smallest absolute Gasteiger partial charge is 0.261 e. The highest BCUT2D eigenvalue weighted by molar-refractivity contribution is 7.92. The quantitative estimate of drug-likeness (QED) is 0.848. The fraction of sp³-hybridized carbons (Fsp3) is 0.0769. The molecule has 0 saturated heterocycles. The monoisotopic (exact) mass is 280 g/mol. The first-order chi connectivity index (χ1) is 8.88. The first-order valence-corrected chi connectivity index (χ1v) is 7.01. The van der Waals surface area contributed by atoms with Crippen LogP contribution >= 0.6 is 0 Å². The molecule has 100 valence electrons. The van der Waals surface area contributed by atoms with Gasteiger partial charge in [0.15, 0.2) is 0 Å². The Morgan fingerprint density at radius 3 is 2.32 bits per heavy atom. The summed E-state index contributed by atoms with van der Waals surface area (Å²) in [5.74, 6) is -0.612. The maximum absolute atomic E-state index is 13.6. The molecule has 0 aromatic heterocycles. The van der Waals surface area contributed by atoms with Crippen molar-refractivity contribution in [3.8, 4) is 0 Å². The van der Waals surface area contributed by atoms with E-state index in [2.05, 4.69) is 4.72 Å². The average Bonchev–Trinajstić information content (AvgIpc) is 2.33. The van der Waals surface area contributed by atoms with Gasteiger partial charge in [-0.25, -0.2) is 12.8 Å². The van der Waals surface area contributed by atoms with Gasteiger partial charge in [0.1, 0.15) is 5.82 Å². The standard InChI is InChI=1S/C13H13FN2O2S/c1-9-2-7-13(12(14)8-9)16-19(17,18)11-5-3-10(15)4-6-11/h2-8,16H,15H2,1H3. The SMILES string of the molecule is Cc1ccc(NS(=O)(=O)c2ccc(N)cc2)c(F)c1. The maximum atomic E-state index is 13.6. The molecule has 0 radical (unpaired) electrons. The Morgan fingerprint density at radius 2 is 1.74 bits per heavy atom. The summed E-state index contributed by atoms with van der Waals surface area (Å²) in [6.07, 6.45) is 0. The summed E-state index contributed by atoms with van der Waals surface area (Å²) in [4.78, 5) is 0.0293. The summed E-state index contributed by atoms with van der Waals surface area (Å²) in [6, 6.07) is 9.96. The molecule has 0 atom stereocenters. The van der Waals surface area contributed by atoms with Gasteiger partial charge in [0, 0.05) is 5.69 Å². The number of aryl methyl sites for hydroxylation is 1. The molecular formula is C13H13FN2O2S. The van der Waals surface area contributed by atoms with E-state index in [4.69, 9.17) is 5.73 Å². The van der Waals surface area contributed by atoms with Crippen molar-refractivity contribution in [3.05, 3.63) is 53.8 Å². The molecule has 2 aromatic carbocycles. The summed E-state index contributed by atoms with van der Waals surface area (Å²) in [5.41, 5.74) is 6.58. The Bertz CT molecular complexity index is 697. The molecular weight excluding hydrogens is 267 g/mol. The summed E-state index contributed by atoms with van der Waals surface area (Å²) in [5, 5.41) is 0. The Hall–Kier alpha value is -2.08. The molecule has 0 saturated carbocycles. The summed E-state index contributed by atoms with van der Waals surface area (Å²) < 4.78 is 39.9. The molecule has 0 bridgehead atoms. The van der Waals surface area contributed by atoms with E-state index in [1.165, 1.54) is 36.4 Å². The molecule has 2 aromatic rings. The van der Waals surface area contributed by atoms with Crippen LogP contribution in [-0.2, 0) is 10.0 Å². The third-order valence-corrected chi connectivity index (χ3v) is 3.94. The van der Waals surface area contributed by atoms with Crippen molar-refractivity contribution in [3.63, 3.8) is 0 Å². The normalized spacial score (nSPS) is 11.3. The average molecular weight is 280 g/mol. The van der Waals surface area contributed by atoms with Gasteiger partial charge in [-0.05, 0) is 48.9 Å². The predicted molar refractivity (Wildman–Crippen MR) is 72.8 cm³/mol. The van der Waals surface area contributed by atoms with Gasteiger partial charge in [-0.1, -0.05) is 6.07 Å². The molecule has 0 aliphatic heterocycles. The van der Waals surface area contributed by atoms with E-state index in [1.807, 2.05) is 0 Å². The van der Waals surface area contributed by atoms with Crippen LogP contribution in [-0.4, -0.2) is 8.42 Å². The Morgan fingerprint density at radius 1 is 1.11 bits per heavy atom. The number of hydrogen-bond acceptors (Lipinski definition) is 3. The lowest BCUT2D eigenvalue weighted by molar-refractivity contribution is 0.598. The van der Waals surface area contributed by atoms with Crippen LogP contribution in [0.25, 0.3) is 0 Å². The molecule has 0 unspecified atom stereocenters. The minimum atomic E-state index is -3.81. The van der Waals surface area contributed by atoms with Crippen LogP contribution in [0.3, 0.4) is 0 Å². The van der Waals surface area contributed by atoms with Crippen LogP contribution in [0, 0.1) is 12.7 Å². The number of rotatable bonds is 3. The van der Waals surface area contributed by atoms with Gasteiger partial charge in [0.05, 0.1) is 10.6 Å². The first-order valence-electron chi connectivity index (χ1n) is 5.53. The number of anilines is 2. The number of nitrogen functional groups attached to an aromatic ring is 1. The highest BCUT2D eigenvalue weighted by atomic mass is 32.2. The zero-order chi connectivity index (χ0) is 14.0. The number of hydrogen-bond donors (Lipinski definition) is 2. The minimum Gasteiger partial charge on any atom is -0.399 e. The van der Waals surface area contributed by atoms with E-state index < -0.39 is 15.8 Å². The summed E-state index contributed by atoms with van der Waals surface area (Å²) in [7, 11) is -3.81. The van der Waals surface area contributed by atoms with E-state index in [0.29, 0.717) is 11.3 Å². The number of halogens is 1. The van der Waals surface area contributed by atoms with Gasteiger partial charge in [-0.3, -0.25) is 4.72 Å². The number of nitrogens with one attached hydrogen (secondary N) is 1. The molecule has 0 aliphatic carbocycles. The van der Waals surface area contributed by atoms with Gasteiger partial charge >= 0.3 is 0 Å². The first kappa shape index (κ1) is 13.4. The zero-order valence-corrected chi connectivity index (χ0v) is 11.0. The third-order valence-electron chi connectivity index (χ3n) is 2.56. The molecule has 0 amide bonds. The van der Waals surface area contributed by atoms with Gasteiger partial charge in [-0.15, -0.1) is 0 Å². The predicted octanol–water partition coefficient (Wildman–Crippen LogP) is 2.52. The van der Waals surface area contributed by atoms with Crippen LogP contribution < -0.4 is 10.5 Å². The highest BCUT2D eigenvalue weighted by Gasteiger charge is 2.15. The van der Waals surface area contributed by atoms with E-state index in [9.17, 15) is 12.8 Å². The van der Waals surface area contributed by atoms with Crippen LogP contribution in [0.4, 0.5) is 15.8 Å². The van der Waals surface area contributed by atoms with Crippen LogP contribution in [0.5, 0.6) is 0 Å². The summed E-state index contributed by atoms with van der Waals surface area (Å²) >= 11 is 0. The fourth-order valence-electron chi connectivity index (χ4n) is 1.55. The molecule has 0 fully saturated rings. The fourth-order valence-corrected chi connectivity index (χ4v) is 2.62. The topological polar surface area (TPSA) is 72.2 Å². The Labute approximate surface area is 111 Å². The second kappa shape index (κ2) is 4.89. The highest BCUT2D eigenvalue weighted by Crippen LogP contribution is 2.20. The van der Waals surface area contributed by atoms with Crippen molar-refractivity contribution in [2.45, 2.75) is 11.8 Å². The van der Waals surface area contributed by atoms with Crippen molar-refractivity contribution in [1.82, 2.24) is 0 Å². The van der Waals surface area contributed by atoms with Gasteiger partial charge in [0.2, 0.25) is 0 Å². The summed E-state index contributed by atoms with van der Waals surface area (Å²) in [6.45, 7) is 1.72. The second-order valence-electron chi connectivity index (χ2n) is 4.16. The lowest BCUT2D eigenvalue weighted by atomic mass is 10.2. The second-order valence-corrected chi connectivity index (χ2v) is 5.84. The van der Waals surface area contributed by atoms with Gasteiger partial charge < -0.3 is 5.73 Å². The number of sulfonamides is 1. The zero-order valence-electron chi connectivity index (χ0n) is 10.2. The Kier molecular flexibility index (Phi) is 3.44. The molecule has 2 rings (SSSR count). The Balaban J connectivity index is 2.33. The van der Waals surface area contributed by atoms with Crippen molar-refractivity contribution < 1.29 is 12.8 Å². The maximum Gasteiger partial charge on any atom is 0.261 e. The van der Waals surface area contributed by atoms with Crippen molar-refractivity contribution >= 4 is 21.4 Å². The number of benzene rings is 2. The molecule has 0 heterocycles. The van der Waals surface area contributed by atoms with Gasteiger partial charge in [-0.2, -0.15) is 0 Å². The number of nitrogens with two attached hydrogens (primary N) is 1.